The molecule has 0 amide bonds. The van der Waals surface area contributed by atoms with Crippen molar-refractivity contribution in [3.8, 4) is 0 Å². The van der Waals surface area contributed by atoms with Gasteiger partial charge in [0.15, 0.2) is 5.82 Å². The number of rotatable bonds is 5. The summed E-state index contributed by atoms with van der Waals surface area (Å²) in [5, 5.41) is 11.0. The summed E-state index contributed by atoms with van der Waals surface area (Å²) < 4.78 is 1.67. The molecule has 0 aliphatic rings. The molecule has 0 atom stereocenters. The highest BCUT2D eigenvalue weighted by atomic mass is 15.4. The van der Waals surface area contributed by atoms with Crippen molar-refractivity contribution in [3.63, 3.8) is 0 Å². The topological polar surface area (TPSA) is 55.6 Å². The Morgan fingerprint density at radius 3 is 2.72 bits per heavy atom. The molecule has 2 aromatic rings. The molecule has 0 saturated carbocycles. The molecule has 0 aromatic carbocycles. The van der Waals surface area contributed by atoms with E-state index < -0.39 is 0 Å². The monoisotopic (exact) mass is 245 g/mol. The molecular formula is C13H19N5. The fourth-order valence-corrected chi connectivity index (χ4v) is 1.72. The quantitative estimate of drug-likeness (QED) is 0.875. The summed E-state index contributed by atoms with van der Waals surface area (Å²) in [6.07, 6.45) is 4.79. The van der Waals surface area contributed by atoms with Crippen LogP contribution in [0.1, 0.15) is 25.1 Å². The maximum absolute atomic E-state index is 4.46. The lowest BCUT2D eigenvalue weighted by atomic mass is 10.1. The first kappa shape index (κ1) is 12.5. The van der Waals surface area contributed by atoms with E-state index in [1.165, 1.54) is 0 Å². The van der Waals surface area contributed by atoms with E-state index in [9.17, 15) is 0 Å². The van der Waals surface area contributed by atoms with Crippen LogP contribution in [-0.4, -0.2) is 20.0 Å². The lowest BCUT2D eigenvalue weighted by Gasteiger charge is -2.06. The third-order valence-electron chi connectivity index (χ3n) is 2.58. The second-order valence-corrected chi connectivity index (χ2v) is 4.89. The number of pyridine rings is 1. The van der Waals surface area contributed by atoms with Crippen molar-refractivity contribution in [1.82, 2.24) is 20.0 Å². The SMILES string of the molecule is CC(C)Cc1ccc(CNc2cn(C)nn2)cn1. The van der Waals surface area contributed by atoms with Gasteiger partial charge in [0, 0.05) is 25.5 Å². The molecule has 0 spiro atoms. The Balaban J connectivity index is 1.90. The lowest BCUT2D eigenvalue weighted by molar-refractivity contribution is 0.635. The van der Waals surface area contributed by atoms with Gasteiger partial charge in [-0.05, 0) is 24.0 Å². The molecule has 2 rings (SSSR count). The molecule has 0 unspecified atom stereocenters. The minimum atomic E-state index is 0.640. The van der Waals surface area contributed by atoms with Crippen LogP contribution in [0, 0.1) is 5.92 Å². The number of nitrogens with zero attached hydrogens (tertiary/aromatic N) is 4. The van der Waals surface area contributed by atoms with Gasteiger partial charge in [-0.25, -0.2) is 0 Å². The smallest absolute Gasteiger partial charge is 0.168 e. The average molecular weight is 245 g/mol. The summed E-state index contributed by atoms with van der Waals surface area (Å²) >= 11 is 0. The number of anilines is 1. The molecule has 0 aliphatic carbocycles. The van der Waals surface area contributed by atoms with E-state index in [1.807, 2.05) is 19.4 Å². The van der Waals surface area contributed by atoms with Gasteiger partial charge < -0.3 is 5.32 Å². The summed E-state index contributed by atoms with van der Waals surface area (Å²) in [5.74, 6) is 1.42. The Morgan fingerprint density at radius 2 is 2.17 bits per heavy atom. The van der Waals surface area contributed by atoms with E-state index in [-0.39, 0.29) is 0 Å². The first-order valence-corrected chi connectivity index (χ1v) is 6.17. The molecular weight excluding hydrogens is 226 g/mol. The van der Waals surface area contributed by atoms with E-state index in [1.54, 1.807) is 4.68 Å². The van der Waals surface area contributed by atoms with Crippen LogP contribution >= 0.6 is 0 Å². The van der Waals surface area contributed by atoms with Crippen molar-refractivity contribution in [2.45, 2.75) is 26.8 Å². The zero-order chi connectivity index (χ0) is 13.0. The Hall–Kier alpha value is -1.91. The highest BCUT2D eigenvalue weighted by Crippen LogP contribution is 2.08. The van der Waals surface area contributed by atoms with E-state index in [4.69, 9.17) is 0 Å². The molecule has 96 valence electrons. The molecule has 5 heteroatoms. The highest BCUT2D eigenvalue weighted by Gasteiger charge is 2.01. The number of nitrogens with one attached hydrogen (secondary N) is 1. The van der Waals surface area contributed by atoms with Gasteiger partial charge in [-0.1, -0.05) is 25.1 Å². The van der Waals surface area contributed by atoms with Crippen LogP contribution in [0.25, 0.3) is 0 Å². The molecule has 2 heterocycles. The fraction of sp³-hybridized carbons (Fsp3) is 0.462. The van der Waals surface area contributed by atoms with Crippen LogP contribution in [0.15, 0.2) is 24.5 Å². The molecule has 1 N–H and O–H groups in total. The first-order chi connectivity index (χ1) is 8.63. The van der Waals surface area contributed by atoms with Crippen LogP contribution < -0.4 is 5.32 Å². The largest absolute Gasteiger partial charge is 0.363 e. The van der Waals surface area contributed by atoms with Crippen molar-refractivity contribution in [2.24, 2.45) is 13.0 Å². The molecule has 18 heavy (non-hydrogen) atoms. The zero-order valence-electron chi connectivity index (χ0n) is 11.1. The lowest BCUT2D eigenvalue weighted by Crippen LogP contribution is -2.02. The van der Waals surface area contributed by atoms with Crippen LogP contribution in [0.3, 0.4) is 0 Å². The van der Waals surface area contributed by atoms with Gasteiger partial charge in [-0.15, -0.1) is 5.10 Å². The molecule has 0 fully saturated rings. The van der Waals surface area contributed by atoms with Crippen LogP contribution in [-0.2, 0) is 20.0 Å². The predicted octanol–water partition coefficient (Wildman–Crippen LogP) is 2.02. The van der Waals surface area contributed by atoms with E-state index in [0.29, 0.717) is 12.5 Å². The van der Waals surface area contributed by atoms with Crippen molar-refractivity contribution in [1.29, 1.82) is 0 Å². The van der Waals surface area contributed by atoms with E-state index in [0.717, 1.165) is 23.5 Å². The van der Waals surface area contributed by atoms with Crippen molar-refractivity contribution >= 4 is 5.82 Å². The molecule has 2 aromatic heterocycles. The molecule has 5 nitrogen and oxygen atoms in total. The Kier molecular flexibility index (Phi) is 3.92. The molecule has 0 radical (unpaired) electrons. The van der Waals surface area contributed by atoms with Gasteiger partial charge >= 0.3 is 0 Å². The van der Waals surface area contributed by atoms with E-state index >= 15 is 0 Å². The van der Waals surface area contributed by atoms with Gasteiger partial charge in [-0.3, -0.25) is 9.67 Å². The normalized spacial score (nSPS) is 10.9. The molecule has 0 saturated heterocycles. The van der Waals surface area contributed by atoms with Gasteiger partial charge in [0.05, 0.1) is 6.20 Å². The Bertz CT molecular complexity index is 486. The number of aromatic nitrogens is 4. The second kappa shape index (κ2) is 5.62. The minimum Gasteiger partial charge on any atom is -0.363 e. The number of hydrogen-bond acceptors (Lipinski definition) is 4. The molecule has 0 aliphatic heterocycles. The third kappa shape index (κ3) is 3.55. The summed E-state index contributed by atoms with van der Waals surface area (Å²) in [6, 6.07) is 4.20. The van der Waals surface area contributed by atoms with Crippen molar-refractivity contribution < 1.29 is 0 Å². The Labute approximate surface area is 107 Å². The number of aryl methyl sites for hydroxylation is 1. The van der Waals surface area contributed by atoms with Crippen LogP contribution in [0.5, 0.6) is 0 Å². The van der Waals surface area contributed by atoms with Crippen LogP contribution in [0.4, 0.5) is 5.82 Å². The van der Waals surface area contributed by atoms with Gasteiger partial charge in [0.1, 0.15) is 0 Å². The summed E-state index contributed by atoms with van der Waals surface area (Å²) in [7, 11) is 1.85. The average Bonchev–Trinajstić information content (AvgIpc) is 2.74. The van der Waals surface area contributed by atoms with Gasteiger partial charge in [0.25, 0.3) is 0 Å². The Morgan fingerprint density at radius 1 is 1.33 bits per heavy atom. The third-order valence-corrected chi connectivity index (χ3v) is 2.58. The first-order valence-electron chi connectivity index (χ1n) is 6.17. The summed E-state index contributed by atoms with van der Waals surface area (Å²) in [6.45, 7) is 5.12. The molecule has 0 bridgehead atoms. The summed E-state index contributed by atoms with van der Waals surface area (Å²) in [5.41, 5.74) is 2.29. The maximum Gasteiger partial charge on any atom is 0.168 e. The predicted molar refractivity (Wildman–Crippen MR) is 71.1 cm³/mol. The standard InChI is InChI=1S/C13H19N5/c1-10(2)6-12-5-4-11(7-14-12)8-15-13-9-18(3)17-16-13/h4-5,7,9-10,15H,6,8H2,1-3H3. The van der Waals surface area contributed by atoms with Crippen molar-refractivity contribution in [3.05, 3.63) is 35.8 Å². The van der Waals surface area contributed by atoms with Crippen LogP contribution in [0.2, 0.25) is 0 Å². The number of hydrogen-bond donors (Lipinski definition) is 1. The van der Waals surface area contributed by atoms with E-state index in [2.05, 4.69) is 46.6 Å². The fourth-order valence-electron chi connectivity index (χ4n) is 1.72. The van der Waals surface area contributed by atoms with Gasteiger partial charge in [0.2, 0.25) is 0 Å². The minimum absolute atomic E-state index is 0.640. The van der Waals surface area contributed by atoms with Gasteiger partial charge in [-0.2, -0.15) is 0 Å². The highest BCUT2D eigenvalue weighted by molar-refractivity contribution is 5.31. The maximum atomic E-state index is 4.46. The van der Waals surface area contributed by atoms with Crippen molar-refractivity contribution in [2.75, 3.05) is 5.32 Å². The summed E-state index contributed by atoms with van der Waals surface area (Å²) in [4.78, 5) is 4.46. The zero-order valence-corrected chi connectivity index (χ0v) is 11.1. The second-order valence-electron chi connectivity index (χ2n) is 4.89.